The minimum Gasteiger partial charge on any atom is -0.451 e. The molecule has 0 aliphatic heterocycles. The zero-order valence-corrected chi connectivity index (χ0v) is 17.0. The van der Waals surface area contributed by atoms with Gasteiger partial charge in [-0.15, -0.1) is 11.8 Å². The van der Waals surface area contributed by atoms with E-state index < -0.39 is 0 Å². The average molecular weight is 415 g/mol. The first-order valence-electron chi connectivity index (χ1n) is 8.52. The fourth-order valence-corrected chi connectivity index (χ4v) is 3.45. The van der Waals surface area contributed by atoms with Crippen LogP contribution in [0.2, 0.25) is 5.02 Å². The second kappa shape index (κ2) is 8.99. The number of hydrogen-bond donors (Lipinski definition) is 1. The van der Waals surface area contributed by atoms with Gasteiger partial charge in [0, 0.05) is 17.5 Å². The van der Waals surface area contributed by atoms with E-state index in [9.17, 15) is 9.59 Å². The third-order valence-electron chi connectivity index (χ3n) is 4.06. The number of benzene rings is 2. The summed E-state index contributed by atoms with van der Waals surface area (Å²) in [5, 5.41) is 3.37. The van der Waals surface area contributed by atoms with Crippen LogP contribution in [-0.4, -0.2) is 36.6 Å². The molecule has 1 N–H and O–H groups in total. The van der Waals surface area contributed by atoms with Crippen molar-refractivity contribution in [3.63, 3.8) is 0 Å². The van der Waals surface area contributed by atoms with Gasteiger partial charge < -0.3 is 14.6 Å². The quantitative estimate of drug-likeness (QED) is 0.574. The third kappa shape index (κ3) is 4.58. The van der Waals surface area contributed by atoms with Crippen molar-refractivity contribution in [3.05, 3.63) is 71.4 Å². The van der Waals surface area contributed by atoms with Crippen molar-refractivity contribution < 1.29 is 14.0 Å². The van der Waals surface area contributed by atoms with Crippen molar-refractivity contribution in [1.29, 1.82) is 0 Å². The lowest BCUT2D eigenvalue weighted by Gasteiger charge is -2.16. The topological polar surface area (TPSA) is 62.6 Å². The van der Waals surface area contributed by atoms with Gasteiger partial charge in [-0.3, -0.25) is 9.59 Å². The third-order valence-corrected chi connectivity index (χ3v) is 5.19. The number of hydrogen-bond acceptors (Lipinski definition) is 4. The molecule has 5 nitrogen and oxygen atoms in total. The van der Waals surface area contributed by atoms with E-state index in [4.69, 9.17) is 16.0 Å². The Balaban J connectivity index is 1.66. The highest BCUT2D eigenvalue weighted by atomic mass is 35.5. The number of para-hydroxylation sites is 1. The van der Waals surface area contributed by atoms with Crippen LogP contribution >= 0.6 is 23.4 Å². The normalized spacial score (nSPS) is 10.5. The second-order valence-electron chi connectivity index (χ2n) is 6.05. The van der Waals surface area contributed by atoms with Gasteiger partial charge in [0.2, 0.25) is 5.91 Å². The fraction of sp³-hybridized carbons (Fsp3) is 0.143. The molecule has 1 aromatic heterocycles. The number of halogens is 1. The predicted octanol–water partition coefficient (Wildman–Crippen LogP) is 5.03. The summed E-state index contributed by atoms with van der Waals surface area (Å²) in [5.74, 6) is -0.0164. The van der Waals surface area contributed by atoms with E-state index in [-0.39, 0.29) is 24.1 Å². The van der Waals surface area contributed by atoms with E-state index in [1.807, 2.05) is 48.7 Å². The maximum atomic E-state index is 12.6. The van der Waals surface area contributed by atoms with Crippen molar-refractivity contribution in [2.45, 2.75) is 4.90 Å². The van der Waals surface area contributed by atoms with Gasteiger partial charge in [-0.05, 0) is 42.7 Å². The molecule has 2 aromatic carbocycles. The standard InChI is InChI=1S/C21H19ClN2O3S/c1-24(13-20(25)23-16-9-5-6-10-19(16)28-2)21(26)18-12-11-17(27-18)14-7-3-4-8-15(14)22/h3-12H,13H2,1-2H3,(H,23,25). The summed E-state index contributed by atoms with van der Waals surface area (Å²) in [6.45, 7) is -0.0936. The number of amides is 2. The molecule has 0 fully saturated rings. The number of furan rings is 1. The Labute approximate surface area is 172 Å². The van der Waals surface area contributed by atoms with Crippen molar-refractivity contribution in [3.8, 4) is 11.3 Å². The summed E-state index contributed by atoms with van der Waals surface area (Å²) in [6.07, 6.45) is 1.94. The predicted molar refractivity (Wildman–Crippen MR) is 113 cm³/mol. The number of carbonyl (C=O) groups is 2. The molecule has 0 aliphatic carbocycles. The summed E-state index contributed by atoms with van der Waals surface area (Å²) in [6, 6.07) is 18.0. The summed E-state index contributed by atoms with van der Waals surface area (Å²) >= 11 is 7.71. The van der Waals surface area contributed by atoms with E-state index >= 15 is 0 Å². The highest BCUT2D eigenvalue weighted by Gasteiger charge is 2.20. The second-order valence-corrected chi connectivity index (χ2v) is 7.31. The molecule has 28 heavy (non-hydrogen) atoms. The Bertz CT molecular complexity index is 1000. The number of nitrogens with one attached hydrogen (secondary N) is 1. The maximum Gasteiger partial charge on any atom is 0.289 e. The number of likely N-dealkylation sites (N-methyl/N-ethyl adjacent to an activating group) is 1. The molecule has 0 unspecified atom stereocenters. The zero-order valence-electron chi connectivity index (χ0n) is 15.4. The van der Waals surface area contributed by atoms with E-state index in [1.54, 1.807) is 37.0 Å². The molecule has 3 rings (SSSR count). The zero-order chi connectivity index (χ0) is 20.1. The number of carbonyl (C=O) groups excluding carboxylic acids is 2. The van der Waals surface area contributed by atoms with Gasteiger partial charge in [0.25, 0.3) is 5.91 Å². The number of rotatable bonds is 6. The van der Waals surface area contributed by atoms with Gasteiger partial charge in [0.05, 0.1) is 17.3 Å². The van der Waals surface area contributed by atoms with E-state index in [0.717, 1.165) is 10.6 Å². The molecule has 0 radical (unpaired) electrons. The van der Waals surface area contributed by atoms with Crippen LogP contribution in [0.15, 0.2) is 70.0 Å². The lowest BCUT2D eigenvalue weighted by molar-refractivity contribution is -0.116. The highest BCUT2D eigenvalue weighted by Crippen LogP contribution is 2.29. The lowest BCUT2D eigenvalue weighted by atomic mass is 10.2. The van der Waals surface area contributed by atoms with Gasteiger partial charge >= 0.3 is 0 Å². The molecule has 1 heterocycles. The SMILES string of the molecule is CSc1ccccc1NC(=O)CN(C)C(=O)c1ccc(-c2ccccc2Cl)o1. The largest absolute Gasteiger partial charge is 0.451 e. The van der Waals surface area contributed by atoms with E-state index in [0.29, 0.717) is 16.3 Å². The Morgan fingerprint density at radius 2 is 1.79 bits per heavy atom. The molecular weight excluding hydrogens is 396 g/mol. The van der Waals surface area contributed by atoms with E-state index in [2.05, 4.69) is 5.32 Å². The Hall–Kier alpha value is -2.70. The van der Waals surface area contributed by atoms with Gasteiger partial charge in [0.15, 0.2) is 5.76 Å². The van der Waals surface area contributed by atoms with Crippen LogP contribution in [0, 0.1) is 0 Å². The van der Waals surface area contributed by atoms with Crippen LogP contribution < -0.4 is 5.32 Å². The van der Waals surface area contributed by atoms with Gasteiger partial charge in [0.1, 0.15) is 5.76 Å². The van der Waals surface area contributed by atoms with Crippen LogP contribution in [-0.2, 0) is 4.79 Å². The van der Waals surface area contributed by atoms with Crippen LogP contribution in [0.4, 0.5) is 5.69 Å². The smallest absolute Gasteiger partial charge is 0.289 e. The minimum absolute atomic E-state index is 0.0936. The van der Waals surface area contributed by atoms with E-state index in [1.165, 1.54) is 4.90 Å². The first kappa shape index (κ1) is 20.0. The van der Waals surface area contributed by atoms with Crippen molar-refractivity contribution in [2.75, 3.05) is 25.2 Å². The van der Waals surface area contributed by atoms with Crippen LogP contribution in [0.5, 0.6) is 0 Å². The fourth-order valence-electron chi connectivity index (χ4n) is 2.67. The van der Waals surface area contributed by atoms with Crippen molar-refractivity contribution >= 4 is 40.9 Å². The van der Waals surface area contributed by atoms with Crippen LogP contribution in [0.1, 0.15) is 10.6 Å². The molecule has 0 saturated carbocycles. The Kier molecular flexibility index (Phi) is 6.44. The highest BCUT2D eigenvalue weighted by molar-refractivity contribution is 7.98. The molecule has 7 heteroatoms. The molecule has 0 aliphatic rings. The molecular formula is C21H19ClN2O3S. The summed E-state index contributed by atoms with van der Waals surface area (Å²) in [4.78, 5) is 27.2. The molecule has 144 valence electrons. The molecule has 3 aromatic rings. The first-order chi connectivity index (χ1) is 13.5. The summed E-state index contributed by atoms with van der Waals surface area (Å²) < 4.78 is 5.66. The first-order valence-corrected chi connectivity index (χ1v) is 10.1. The van der Waals surface area contributed by atoms with Gasteiger partial charge in [-0.1, -0.05) is 35.9 Å². The Morgan fingerprint density at radius 3 is 2.54 bits per heavy atom. The molecule has 0 bridgehead atoms. The summed E-state index contributed by atoms with van der Waals surface area (Å²) in [7, 11) is 1.56. The molecule has 0 saturated heterocycles. The lowest BCUT2D eigenvalue weighted by Crippen LogP contribution is -2.34. The summed E-state index contributed by atoms with van der Waals surface area (Å²) in [5.41, 5.74) is 1.43. The maximum absolute atomic E-state index is 12.6. The van der Waals surface area contributed by atoms with Crippen LogP contribution in [0.25, 0.3) is 11.3 Å². The monoisotopic (exact) mass is 414 g/mol. The van der Waals surface area contributed by atoms with Crippen molar-refractivity contribution in [1.82, 2.24) is 4.90 Å². The number of thioether (sulfide) groups is 1. The molecule has 0 atom stereocenters. The molecule has 0 spiro atoms. The number of anilines is 1. The minimum atomic E-state index is -0.383. The van der Waals surface area contributed by atoms with Crippen molar-refractivity contribution in [2.24, 2.45) is 0 Å². The Morgan fingerprint density at radius 1 is 1.07 bits per heavy atom. The molecule has 2 amide bonds. The van der Waals surface area contributed by atoms with Gasteiger partial charge in [-0.25, -0.2) is 0 Å². The van der Waals surface area contributed by atoms with Gasteiger partial charge in [-0.2, -0.15) is 0 Å². The van der Waals surface area contributed by atoms with Crippen LogP contribution in [0.3, 0.4) is 0 Å². The number of nitrogens with zero attached hydrogens (tertiary/aromatic N) is 1. The average Bonchev–Trinajstić information content (AvgIpc) is 3.18.